The Labute approximate surface area is 175 Å². The van der Waals surface area contributed by atoms with Crippen molar-refractivity contribution in [1.29, 1.82) is 0 Å². The van der Waals surface area contributed by atoms with Gasteiger partial charge in [-0.3, -0.25) is 0 Å². The van der Waals surface area contributed by atoms with Crippen LogP contribution in [0.2, 0.25) is 18.1 Å². The van der Waals surface area contributed by atoms with Crippen LogP contribution >= 0.6 is 22.6 Å². The molecule has 2 fully saturated rings. The van der Waals surface area contributed by atoms with E-state index in [2.05, 4.69) is 87.1 Å². The Morgan fingerprint density at radius 2 is 1.81 bits per heavy atom. The largest absolute Gasteiger partial charge is 0.401 e. The monoisotopic (exact) mass is 492 g/mol. The molecular weight excluding hydrogens is 455 g/mol. The first kappa shape index (κ1) is 22.7. The molecule has 0 aromatic heterocycles. The van der Waals surface area contributed by atoms with Gasteiger partial charge in [-0.1, -0.05) is 47.5 Å². The van der Waals surface area contributed by atoms with E-state index in [1.54, 1.807) is 0 Å². The lowest BCUT2D eigenvalue weighted by atomic mass is 9.77. The number of hydrogen-bond donors (Lipinski definition) is 0. The van der Waals surface area contributed by atoms with Crippen LogP contribution in [0, 0.1) is 21.7 Å². The maximum absolute atomic E-state index is 6.72. The zero-order chi connectivity index (χ0) is 19.7. The van der Waals surface area contributed by atoms with Crippen LogP contribution in [-0.4, -0.2) is 38.8 Å². The second-order valence-corrected chi connectivity index (χ2v) is 14.9. The normalized spacial score (nSPS) is 36.7. The molecule has 0 N–H and O–H groups in total. The fraction of sp³-hybridized carbons (Fsp3) is 0.905. The summed E-state index contributed by atoms with van der Waals surface area (Å²) in [6, 6.07) is 0. The lowest BCUT2D eigenvalue weighted by Crippen LogP contribution is -2.58. The SMILES string of the molecule is CC[C@H]1CC[C@@H]2O[C@@H]([C@H](C#CI)O[Si](C)(C)C(C)(C)C)[C@@H](C)[C@@H](C)[C@H]2O1. The minimum absolute atomic E-state index is 0.0180. The highest BCUT2D eigenvalue weighted by Gasteiger charge is 2.49. The van der Waals surface area contributed by atoms with Crippen molar-refractivity contribution >= 4 is 30.9 Å². The smallest absolute Gasteiger partial charge is 0.193 e. The third kappa shape index (κ3) is 4.86. The van der Waals surface area contributed by atoms with E-state index in [-0.39, 0.29) is 29.5 Å². The van der Waals surface area contributed by atoms with Crippen LogP contribution in [-0.2, 0) is 13.9 Å². The van der Waals surface area contributed by atoms with Gasteiger partial charge in [-0.2, -0.15) is 0 Å². The Bertz CT molecular complexity index is 532. The number of halogens is 1. The zero-order valence-corrected chi connectivity index (χ0v) is 20.9. The van der Waals surface area contributed by atoms with Gasteiger partial charge in [0.25, 0.3) is 0 Å². The van der Waals surface area contributed by atoms with E-state index in [1.807, 2.05) is 0 Å². The third-order valence-corrected chi connectivity index (χ3v) is 11.6. The molecule has 0 aromatic rings. The van der Waals surface area contributed by atoms with Crippen molar-refractivity contribution in [2.75, 3.05) is 0 Å². The molecule has 5 heteroatoms. The van der Waals surface area contributed by atoms with Crippen LogP contribution in [0.3, 0.4) is 0 Å². The predicted molar refractivity (Wildman–Crippen MR) is 119 cm³/mol. The van der Waals surface area contributed by atoms with E-state index in [9.17, 15) is 0 Å². The van der Waals surface area contributed by atoms with Gasteiger partial charge < -0.3 is 13.9 Å². The topological polar surface area (TPSA) is 27.7 Å². The van der Waals surface area contributed by atoms with Crippen LogP contribution in [0.25, 0.3) is 0 Å². The summed E-state index contributed by atoms with van der Waals surface area (Å²) in [5, 5.41) is 0.159. The summed E-state index contributed by atoms with van der Waals surface area (Å²) in [6.07, 6.45) is 3.90. The van der Waals surface area contributed by atoms with Crippen molar-refractivity contribution in [3.05, 3.63) is 0 Å². The molecule has 2 saturated heterocycles. The van der Waals surface area contributed by atoms with Crippen molar-refractivity contribution in [2.45, 2.75) is 109 Å². The van der Waals surface area contributed by atoms with Gasteiger partial charge in [-0.25, -0.2) is 0 Å². The molecule has 0 spiro atoms. The summed E-state index contributed by atoms with van der Waals surface area (Å²) < 4.78 is 22.8. The van der Waals surface area contributed by atoms with Gasteiger partial charge in [0.05, 0.1) is 24.4 Å². The number of fused-ring (bicyclic) bond motifs is 1. The first-order chi connectivity index (χ1) is 12.0. The summed E-state index contributed by atoms with van der Waals surface area (Å²) in [6.45, 7) is 18.2. The van der Waals surface area contributed by atoms with E-state index in [0.717, 1.165) is 19.3 Å². The molecular formula is C21H37IO3Si. The van der Waals surface area contributed by atoms with Crippen LogP contribution in [0.15, 0.2) is 0 Å². The molecule has 0 amide bonds. The van der Waals surface area contributed by atoms with E-state index in [4.69, 9.17) is 13.9 Å². The average Bonchev–Trinajstić information content (AvgIpc) is 2.56. The molecule has 2 aliphatic heterocycles. The fourth-order valence-corrected chi connectivity index (χ4v) is 5.29. The van der Waals surface area contributed by atoms with E-state index in [0.29, 0.717) is 17.9 Å². The number of ether oxygens (including phenoxy) is 2. The summed E-state index contributed by atoms with van der Waals surface area (Å²) in [7, 11) is -1.92. The highest BCUT2D eigenvalue weighted by molar-refractivity contribution is 14.1. The Balaban J connectivity index is 2.20. The highest BCUT2D eigenvalue weighted by Crippen LogP contribution is 2.42. The number of rotatable bonds is 4. The maximum atomic E-state index is 6.72. The van der Waals surface area contributed by atoms with Gasteiger partial charge in [0.1, 0.15) is 6.10 Å². The lowest BCUT2D eigenvalue weighted by Gasteiger charge is -2.50. The molecule has 2 aliphatic rings. The molecule has 150 valence electrons. The average molecular weight is 493 g/mol. The van der Waals surface area contributed by atoms with Gasteiger partial charge in [0.2, 0.25) is 0 Å². The molecule has 2 heterocycles. The standard InChI is InChI=1S/C21H37IO3Si/c1-9-16-10-11-17-19(23-16)14(2)15(3)20(24-17)18(12-13-22)25-26(7,8)21(4,5)6/h14-20H,9-11H2,1-8H3/t14-,15+,16+,17+,18+,19-,20-/m1/s1. The van der Waals surface area contributed by atoms with E-state index < -0.39 is 8.32 Å². The summed E-state index contributed by atoms with van der Waals surface area (Å²) >= 11 is 2.12. The zero-order valence-electron chi connectivity index (χ0n) is 17.8. The number of hydrogen-bond acceptors (Lipinski definition) is 3. The molecule has 0 aromatic carbocycles. The fourth-order valence-electron chi connectivity index (χ4n) is 3.80. The molecule has 0 unspecified atom stereocenters. The van der Waals surface area contributed by atoms with Crippen molar-refractivity contribution in [3.63, 3.8) is 0 Å². The third-order valence-electron chi connectivity index (χ3n) is 6.87. The molecule has 0 aliphatic carbocycles. The summed E-state index contributed by atoms with van der Waals surface area (Å²) in [4.78, 5) is 0. The Hall–Kier alpha value is 0.387. The Morgan fingerprint density at radius 3 is 2.35 bits per heavy atom. The molecule has 3 nitrogen and oxygen atoms in total. The van der Waals surface area contributed by atoms with Crippen LogP contribution < -0.4 is 0 Å². The predicted octanol–water partition coefficient (Wildman–Crippen LogP) is 5.77. The summed E-state index contributed by atoms with van der Waals surface area (Å²) in [5.74, 6) is 4.14. The molecule has 2 rings (SSSR count). The maximum Gasteiger partial charge on any atom is 0.193 e. The second-order valence-electron chi connectivity index (χ2n) is 9.60. The highest BCUT2D eigenvalue weighted by atomic mass is 127. The van der Waals surface area contributed by atoms with Crippen molar-refractivity contribution in [3.8, 4) is 9.85 Å². The molecule has 26 heavy (non-hydrogen) atoms. The minimum atomic E-state index is -1.92. The second kappa shape index (κ2) is 8.81. The quantitative estimate of drug-likeness (QED) is 0.283. The first-order valence-electron chi connectivity index (χ1n) is 10.1. The van der Waals surface area contributed by atoms with E-state index >= 15 is 0 Å². The Kier molecular flexibility index (Phi) is 7.69. The minimum Gasteiger partial charge on any atom is -0.401 e. The lowest BCUT2D eigenvalue weighted by molar-refractivity contribution is -0.236. The van der Waals surface area contributed by atoms with Crippen LogP contribution in [0.5, 0.6) is 0 Å². The Morgan fingerprint density at radius 1 is 1.15 bits per heavy atom. The van der Waals surface area contributed by atoms with Crippen LogP contribution in [0.1, 0.15) is 60.8 Å². The van der Waals surface area contributed by atoms with Gasteiger partial charge in [-0.15, -0.1) is 0 Å². The van der Waals surface area contributed by atoms with Crippen molar-refractivity contribution in [2.24, 2.45) is 11.8 Å². The molecule has 0 saturated carbocycles. The molecule has 7 atom stereocenters. The molecule has 0 radical (unpaired) electrons. The van der Waals surface area contributed by atoms with Crippen molar-refractivity contribution in [1.82, 2.24) is 0 Å². The van der Waals surface area contributed by atoms with Gasteiger partial charge in [0.15, 0.2) is 8.32 Å². The van der Waals surface area contributed by atoms with Crippen molar-refractivity contribution < 1.29 is 13.9 Å². The summed E-state index contributed by atoms with van der Waals surface area (Å²) in [5.41, 5.74) is 0. The molecule has 0 bridgehead atoms. The van der Waals surface area contributed by atoms with Crippen LogP contribution in [0.4, 0.5) is 0 Å². The van der Waals surface area contributed by atoms with E-state index in [1.165, 1.54) is 0 Å². The van der Waals surface area contributed by atoms with Gasteiger partial charge in [0, 0.05) is 22.6 Å². The van der Waals surface area contributed by atoms with Gasteiger partial charge >= 0.3 is 0 Å². The van der Waals surface area contributed by atoms with Gasteiger partial charge in [-0.05, 0) is 53.2 Å². The first-order valence-corrected chi connectivity index (χ1v) is 14.1.